The summed E-state index contributed by atoms with van der Waals surface area (Å²) in [5, 5.41) is 13.2. The third kappa shape index (κ3) is 4.81. The van der Waals surface area contributed by atoms with Gasteiger partial charge in [-0.1, -0.05) is 0 Å². The minimum Gasteiger partial charge on any atom is -0.482 e. The van der Waals surface area contributed by atoms with Crippen molar-refractivity contribution in [1.82, 2.24) is 29.2 Å². The summed E-state index contributed by atoms with van der Waals surface area (Å²) in [6.07, 6.45) is 5.05. The Bertz CT molecular complexity index is 1900. The lowest BCUT2D eigenvalue weighted by molar-refractivity contribution is -0.153. The fraction of sp³-hybridized carbons (Fsp3) is 0.500. The molecular formula is C34H41N7O5. The Hall–Kier alpha value is -4.45. The smallest absolute Gasteiger partial charge is 0.318 e. The Morgan fingerprint density at radius 3 is 2.52 bits per heavy atom. The van der Waals surface area contributed by atoms with Gasteiger partial charge in [0.05, 0.1) is 30.2 Å². The highest BCUT2D eigenvalue weighted by atomic mass is 16.5. The number of fused-ring (bicyclic) bond motifs is 4. The summed E-state index contributed by atoms with van der Waals surface area (Å²) in [6.45, 7) is 7.35. The number of aryl methyl sites for hydroxylation is 1. The molecule has 12 heteroatoms. The van der Waals surface area contributed by atoms with Crippen molar-refractivity contribution in [1.29, 1.82) is 0 Å². The van der Waals surface area contributed by atoms with E-state index in [1.165, 1.54) is 13.8 Å². The van der Waals surface area contributed by atoms with Crippen LogP contribution in [0.5, 0.6) is 5.88 Å². The molecule has 0 unspecified atom stereocenters. The first-order chi connectivity index (χ1) is 21.9. The molecule has 3 fully saturated rings. The van der Waals surface area contributed by atoms with Crippen LogP contribution in [0.1, 0.15) is 80.7 Å². The number of amides is 2. The zero-order valence-electron chi connectivity index (χ0n) is 26.9. The van der Waals surface area contributed by atoms with Gasteiger partial charge in [0.2, 0.25) is 5.91 Å². The number of methoxy groups -OCH3 is 1. The predicted octanol–water partition coefficient (Wildman–Crippen LogP) is 4.07. The molecule has 4 N–H and O–H groups in total. The molecule has 4 aromatic rings. The monoisotopic (exact) mass is 627 g/mol. The van der Waals surface area contributed by atoms with Crippen LogP contribution in [-0.2, 0) is 16.1 Å². The first-order valence-electron chi connectivity index (χ1n) is 16.1. The van der Waals surface area contributed by atoms with Crippen LogP contribution in [0, 0.1) is 18.3 Å². The number of carboxylic acids is 1. The quantitative estimate of drug-likeness (QED) is 0.235. The standard InChI is InChI=1S/C34H41N7O5/c1-17(36-32(43)34(3,4)33(44)45)24-10-8-20-12-26(39(30(20)37-24)16-19-6-7-19)29-18(2)40-27(38-29)13-21(14-28(40)46-5)31(42)41-22-9-11-25(41)23(35)15-22/h8,10,12-14,17,19,22-23,25H,6-7,9,11,15-16,35H2,1-5H3,(H,36,43)(H,44,45)/t17-,22+,23-,25-/m1/s1. The zero-order chi connectivity index (χ0) is 32.7. The number of rotatable bonds is 9. The van der Waals surface area contributed by atoms with Crippen LogP contribution >= 0.6 is 0 Å². The molecule has 7 rings (SSSR count). The van der Waals surface area contributed by atoms with E-state index in [2.05, 4.69) is 16.0 Å². The topological polar surface area (TPSA) is 157 Å². The molecule has 0 radical (unpaired) electrons. The zero-order valence-corrected chi connectivity index (χ0v) is 26.9. The van der Waals surface area contributed by atoms with Crippen LogP contribution in [-0.4, -0.2) is 72.0 Å². The van der Waals surface area contributed by atoms with Crippen molar-refractivity contribution in [3.8, 4) is 17.3 Å². The number of carboxylic acid groups (broad SMARTS) is 1. The average molecular weight is 628 g/mol. The normalized spacial score (nSPS) is 21.7. The van der Waals surface area contributed by atoms with Crippen LogP contribution in [0.15, 0.2) is 30.3 Å². The first-order valence-corrected chi connectivity index (χ1v) is 16.1. The van der Waals surface area contributed by atoms with Crippen LogP contribution in [0.25, 0.3) is 28.1 Å². The first kappa shape index (κ1) is 30.2. The van der Waals surface area contributed by atoms with E-state index in [0.29, 0.717) is 28.7 Å². The molecule has 1 aliphatic carbocycles. The molecule has 0 aromatic carbocycles. The van der Waals surface area contributed by atoms with E-state index >= 15 is 0 Å². The second-order valence-electron chi connectivity index (χ2n) is 13.8. The van der Waals surface area contributed by atoms with E-state index in [9.17, 15) is 19.5 Å². The number of imidazole rings is 1. The Morgan fingerprint density at radius 1 is 1.13 bits per heavy atom. The summed E-state index contributed by atoms with van der Waals surface area (Å²) in [4.78, 5) is 50.2. The number of hydrogen-bond acceptors (Lipinski definition) is 7. The third-order valence-corrected chi connectivity index (χ3v) is 10.2. The molecule has 12 nitrogen and oxygen atoms in total. The Morgan fingerprint density at radius 2 is 1.89 bits per heavy atom. The van der Waals surface area contributed by atoms with Gasteiger partial charge in [0.1, 0.15) is 22.4 Å². The number of aliphatic carboxylic acids is 1. The molecule has 3 aliphatic rings. The summed E-state index contributed by atoms with van der Waals surface area (Å²) in [5.74, 6) is -0.725. The van der Waals surface area contributed by atoms with E-state index in [1.807, 2.05) is 34.4 Å². The number of nitrogens with two attached hydrogens (primary N) is 1. The molecule has 2 bridgehead atoms. The highest BCUT2D eigenvalue weighted by Gasteiger charge is 2.47. The maximum absolute atomic E-state index is 13.8. The number of nitrogens with one attached hydrogen (secondary N) is 1. The summed E-state index contributed by atoms with van der Waals surface area (Å²) >= 11 is 0. The van der Waals surface area contributed by atoms with E-state index in [-0.39, 0.29) is 24.0 Å². The Balaban J connectivity index is 1.28. The molecular weight excluding hydrogens is 586 g/mol. The molecule has 242 valence electrons. The van der Waals surface area contributed by atoms with Crippen molar-refractivity contribution in [2.45, 2.75) is 90.5 Å². The molecule has 4 aromatic heterocycles. The fourth-order valence-electron chi connectivity index (χ4n) is 7.16. The van der Waals surface area contributed by atoms with Gasteiger partial charge < -0.3 is 30.4 Å². The molecule has 0 spiro atoms. The molecule has 2 aliphatic heterocycles. The molecule has 2 saturated heterocycles. The van der Waals surface area contributed by atoms with E-state index in [1.54, 1.807) is 20.1 Å². The number of hydrogen-bond donors (Lipinski definition) is 3. The lowest BCUT2D eigenvalue weighted by Crippen LogP contribution is -2.43. The second-order valence-corrected chi connectivity index (χ2v) is 13.8. The predicted molar refractivity (Wildman–Crippen MR) is 171 cm³/mol. The fourth-order valence-corrected chi connectivity index (χ4v) is 7.16. The van der Waals surface area contributed by atoms with E-state index in [0.717, 1.165) is 66.8 Å². The average Bonchev–Trinajstić information content (AvgIpc) is 3.35. The maximum Gasteiger partial charge on any atom is 0.318 e. The third-order valence-electron chi connectivity index (χ3n) is 10.2. The van der Waals surface area contributed by atoms with Gasteiger partial charge in [-0.15, -0.1) is 0 Å². The lowest BCUT2D eigenvalue weighted by Gasteiger charge is -2.23. The summed E-state index contributed by atoms with van der Waals surface area (Å²) in [7, 11) is 1.60. The highest BCUT2D eigenvalue weighted by Crippen LogP contribution is 2.40. The SMILES string of the molecule is COc1cc(C(=O)N2[C@H]3CC[C@@H]2[C@H](N)C3)cc2nc(-c3cc4ccc([C@@H](C)NC(=O)C(C)(C)C(=O)O)nc4n3CC3CC3)c(C)n12. The van der Waals surface area contributed by atoms with Gasteiger partial charge in [-0.2, -0.15) is 0 Å². The van der Waals surface area contributed by atoms with Crippen molar-refractivity contribution in [3.05, 3.63) is 47.3 Å². The van der Waals surface area contributed by atoms with Crippen LogP contribution in [0.4, 0.5) is 0 Å². The van der Waals surface area contributed by atoms with Crippen molar-refractivity contribution in [3.63, 3.8) is 0 Å². The highest BCUT2D eigenvalue weighted by molar-refractivity contribution is 6.01. The summed E-state index contributed by atoms with van der Waals surface area (Å²) in [6, 6.07) is 9.35. The van der Waals surface area contributed by atoms with Crippen molar-refractivity contribution in [2.75, 3.05) is 7.11 Å². The van der Waals surface area contributed by atoms with Gasteiger partial charge in [-0.05, 0) is 90.0 Å². The number of ether oxygens (including phenoxy) is 1. The van der Waals surface area contributed by atoms with Crippen molar-refractivity contribution >= 4 is 34.5 Å². The van der Waals surface area contributed by atoms with Crippen LogP contribution in [0.2, 0.25) is 0 Å². The minimum atomic E-state index is -1.56. The van der Waals surface area contributed by atoms with Crippen LogP contribution in [0.3, 0.4) is 0 Å². The summed E-state index contributed by atoms with van der Waals surface area (Å²) < 4.78 is 9.95. The Labute approximate surface area is 266 Å². The Kier molecular flexibility index (Phi) is 7.11. The largest absolute Gasteiger partial charge is 0.482 e. The number of carbonyl (C=O) groups excluding carboxylic acids is 2. The molecule has 6 heterocycles. The second kappa shape index (κ2) is 10.8. The van der Waals surface area contributed by atoms with Gasteiger partial charge in [0.25, 0.3) is 5.91 Å². The van der Waals surface area contributed by atoms with Gasteiger partial charge in [0.15, 0.2) is 5.88 Å². The van der Waals surface area contributed by atoms with E-state index < -0.39 is 23.3 Å². The number of pyridine rings is 2. The van der Waals surface area contributed by atoms with Gasteiger partial charge in [-0.3, -0.25) is 18.8 Å². The number of nitrogens with zero attached hydrogens (tertiary/aromatic N) is 5. The van der Waals surface area contributed by atoms with Crippen molar-refractivity contribution in [2.24, 2.45) is 17.1 Å². The number of aromatic nitrogens is 4. The molecule has 2 amide bonds. The van der Waals surface area contributed by atoms with Gasteiger partial charge in [0, 0.05) is 41.7 Å². The molecule has 4 atom stereocenters. The molecule has 1 saturated carbocycles. The number of carbonyl (C=O) groups is 3. The summed E-state index contributed by atoms with van der Waals surface area (Å²) in [5.41, 5.74) is 9.92. The van der Waals surface area contributed by atoms with Gasteiger partial charge in [-0.25, -0.2) is 9.97 Å². The van der Waals surface area contributed by atoms with Crippen molar-refractivity contribution < 1.29 is 24.2 Å². The van der Waals surface area contributed by atoms with Gasteiger partial charge >= 0.3 is 5.97 Å². The van der Waals surface area contributed by atoms with E-state index in [4.69, 9.17) is 20.4 Å². The van der Waals surface area contributed by atoms with Crippen LogP contribution < -0.4 is 15.8 Å². The minimum absolute atomic E-state index is 0.0203. The molecule has 46 heavy (non-hydrogen) atoms. The maximum atomic E-state index is 13.8. The lowest BCUT2D eigenvalue weighted by atomic mass is 9.92.